The monoisotopic (exact) mass is 362 g/mol. The van der Waals surface area contributed by atoms with E-state index in [0.717, 1.165) is 27.4 Å². The highest BCUT2D eigenvalue weighted by Gasteiger charge is 2.17. The van der Waals surface area contributed by atoms with Crippen LogP contribution in [0.1, 0.15) is 16.2 Å². The lowest BCUT2D eigenvalue weighted by atomic mass is 9.99. The van der Waals surface area contributed by atoms with Crippen molar-refractivity contribution in [1.29, 1.82) is 0 Å². The fourth-order valence-electron chi connectivity index (χ4n) is 2.76. The van der Waals surface area contributed by atoms with Gasteiger partial charge in [-0.1, -0.05) is 41.6 Å². The minimum atomic E-state index is -1.08. The van der Waals surface area contributed by atoms with Gasteiger partial charge in [-0.05, 0) is 30.2 Å². The zero-order chi connectivity index (χ0) is 18.1. The summed E-state index contributed by atoms with van der Waals surface area (Å²) in [6, 6.07) is 15.7. The summed E-state index contributed by atoms with van der Waals surface area (Å²) in [5.74, 6) is -1.08. The van der Waals surface area contributed by atoms with Crippen LogP contribution in [0.4, 0.5) is 0 Å². The van der Waals surface area contributed by atoms with Crippen molar-refractivity contribution in [3.05, 3.63) is 71.5 Å². The molecule has 0 aliphatic heterocycles. The van der Waals surface area contributed by atoms with E-state index in [2.05, 4.69) is 15.3 Å². The second-order valence-corrected chi connectivity index (χ2v) is 6.58. The summed E-state index contributed by atoms with van der Waals surface area (Å²) in [5.41, 5.74) is 4.61. The number of carboxylic acid groups (broad SMARTS) is 1. The minimum absolute atomic E-state index is 0.0127. The van der Waals surface area contributed by atoms with Gasteiger partial charge in [-0.15, -0.1) is 16.4 Å². The van der Waals surface area contributed by atoms with Gasteiger partial charge in [0.15, 0.2) is 5.69 Å². The number of aromatic nitrogens is 4. The Morgan fingerprint density at radius 1 is 1.12 bits per heavy atom. The Labute approximate surface area is 153 Å². The highest BCUT2D eigenvalue weighted by Crippen LogP contribution is 2.35. The average molecular weight is 362 g/mol. The Kier molecular flexibility index (Phi) is 4.06. The summed E-state index contributed by atoms with van der Waals surface area (Å²) in [7, 11) is 0. The summed E-state index contributed by atoms with van der Waals surface area (Å²) in [4.78, 5) is 16.0. The van der Waals surface area contributed by atoms with Gasteiger partial charge in [-0.3, -0.25) is 0 Å². The van der Waals surface area contributed by atoms with Gasteiger partial charge in [-0.25, -0.2) is 14.5 Å². The van der Waals surface area contributed by atoms with Crippen LogP contribution >= 0.6 is 11.3 Å². The number of hydrogen-bond donors (Lipinski definition) is 1. The van der Waals surface area contributed by atoms with E-state index in [4.69, 9.17) is 0 Å². The average Bonchev–Trinajstić information content (AvgIpc) is 3.31. The summed E-state index contributed by atoms with van der Waals surface area (Å²) >= 11 is 1.56. The van der Waals surface area contributed by atoms with Crippen molar-refractivity contribution < 1.29 is 9.90 Å². The number of carbonyl (C=O) groups is 1. The number of benzene rings is 2. The van der Waals surface area contributed by atoms with Crippen LogP contribution in [0.15, 0.2) is 60.1 Å². The maximum atomic E-state index is 11.4. The molecule has 4 rings (SSSR count). The molecule has 2 aromatic heterocycles. The molecule has 0 radical (unpaired) electrons. The zero-order valence-corrected chi connectivity index (χ0v) is 14.6. The molecule has 0 atom stereocenters. The molecule has 2 heterocycles. The van der Waals surface area contributed by atoms with Crippen LogP contribution in [0.5, 0.6) is 0 Å². The molecule has 0 unspecified atom stereocenters. The minimum Gasteiger partial charge on any atom is -0.476 e. The number of hydrogen-bond acceptors (Lipinski definition) is 5. The molecular formula is C19H14N4O2S. The lowest BCUT2D eigenvalue weighted by molar-refractivity contribution is 0.0687. The first-order valence-electron chi connectivity index (χ1n) is 7.90. The van der Waals surface area contributed by atoms with E-state index in [1.54, 1.807) is 11.3 Å². The van der Waals surface area contributed by atoms with Crippen LogP contribution in [0.3, 0.4) is 0 Å². The van der Waals surface area contributed by atoms with E-state index < -0.39 is 5.97 Å². The Bertz CT molecular complexity index is 1090. The second kappa shape index (κ2) is 6.53. The van der Waals surface area contributed by atoms with Gasteiger partial charge in [0.25, 0.3) is 0 Å². The van der Waals surface area contributed by atoms with Crippen LogP contribution in [0, 0.1) is 6.92 Å². The van der Waals surface area contributed by atoms with Crippen molar-refractivity contribution in [2.45, 2.75) is 6.92 Å². The summed E-state index contributed by atoms with van der Waals surface area (Å²) in [6.45, 7) is 1.95. The number of aryl methyl sites for hydroxylation is 1. The van der Waals surface area contributed by atoms with E-state index in [1.807, 2.05) is 60.8 Å². The quantitative estimate of drug-likeness (QED) is 0.592. The number of nitrogens with zero attached hydrogens (tertiary/aromatic N) is 4. The lowest BCUT2D eigenvalue weighted by Crippen LogP contribution is -2.08. The standard InChI is InChI=1S/C19H14N4O2S/c1-12-11-26-18(21-12)16-9-14(23-17(19(24)25)10-20-22-23)7-8-15(16)13-5-3-2-4-6-13/h2-11H,1H3,(H,24,25). The second-order valence-electron chi connectivity index (χ2n) is 5.73. The molecule has 0 amide bonds. The Morgan fingerprint density at radius 2 is 1.92 bits per heavy atom. The first kappa shape index (κ1) is 16.2. The molecule has 0 bridgehead atoms. The fourth-order valence-corrected chi connectivity index (χ4v) is 3.59. The predicted molar refractivity (Wildman–Crippen MR) is 99.6 cm³/mol. The Balaban J connectivity index is 1.92. The molecular weight excluding hydrogens is 348 g/mol. The van der Waals surface area contributed by atoms with Crippen molar-refractivity contribution >= 4 is 17.3 Å². The molecule has 0 saturated heterocycles. The van der Waals surface area contributed by atoms with Gasteiger partial charge in [0, 0.05) is 16.6 Å². The molecule has 26 heavy (non-hydrogen) atoms. The highest BCUT2D eigenvalue weighted by atomic mass is 32.1. The van der Waals surface area contributed by atoms with Crippen molar-refractivity contribution in [3.8, 4) is 27.4 Å². The number of rotatable bonds is 4. The van der Waals surface area contributed by atoms with Gasteiger partial charge in [0.1, 0.15) is 5.01 Å². The lowest BCUT2D eigenvalue weighted by Gasteiger charge is -2.11. The van der Waals surface area contributed by atoms with Gasteiger partial charge in [0.05, 0.1) is 11.9 Å². The first-order chi connectivity index (χ1) is 12.6. The van der Waals surface area contributed by atoms with Gasteiger partial charge >= 0.3 is 5.97 Å². The molecule has 128 valence electrons. The van der Waals surface area contributed by atoms with E-state index >= 15 is 0 Å². The smallest absolute Gasteiger partial charge is 0.356 e. The molecule has 0 spiro atoms. The van der Waals surface area contributed by atoms with Crippen molar-refractivity contribution in [2.75, 3.05) is 0 Å². The fraction of sp³-hybridized carbons (Fsp3) is 0.0526. The van der Waals surface area contributed by atoms with E-state index in [1.165, 1.54) is 10.9 Å². The number of carboxylic acids is 1. The Hall–Kier alpha value is -3.32. The van der Waals surface area contributed by atoms with Gasteiger partial charge in [0.2, 0.25) is 0 Å². The summed E-state index contributed by atoms with van der Waals surface area (Å²) in [5, 5.41) is 19.8. The van der Waals surface area contributed by atoms with Crippen LogP contribution in [0.25, 0.3) is 27.4 Å². The maximum absolute atomic E-state index is 11.4. The van der Waals surface area contributed by atoms with Crippen molar-refractivity contribution in [2.24, 2.45) is 0 Å². The van der Waals surface area contributed by atoms with E-state index in [-0.39, 0.29) is 5.69 Å². The molecule has 2 aromatic carbocycles. The summed E-state index contributed by atoms with van der Waals surface area (Å²) < 4.78 is 1.32. The molecule has 6 nitrogen and oxygen atoms in total. The number of aromatic carboxylic acids is 1. The molecule has 0 saturated carbocycles. The van der Waals surface area contributed by atoms with Gasteiger partial charge in [-0.2, -0.15) is 0 Å². The van der Waals surface area contributed by atoms with Crippen LogP contribution in [0.2, 0.25) is 0 Å². The zero-order valence-electron chi connectivity index (χ0n) is 13.8. The molecule has 4 aromatic rings. The highest BCUT2D eigenvalue weighted by molar-refractivity contribution is 7.13. The third kappa shape index (κ3) is 2.89. The first-order valence-corrected chi connectivity index (χ1v) is 8.78. The normalized spacial score (nSPS) is 10.8. The maximum Gasteiger partial charge on any atom is 0.356 e. The molecule has 0 aliphatic carbocycles. The van der Waals surface area contributed by atoms with Crippen molar-refractivity contribution in [1.82, 2.24) is 20.0 Å². The van der Waals surface area contributed by atoms with Crippen LogP contribution in [-0.2, 0) is 0 Å². The van der Waals surface area contributed by atoms with E-state index in [9.17, 15) is 9.90 Å². The molecule has 1 N–H and O–H groups in total. The Morgan fingerprint density at radius 3 is 2.62 bits per heavy atom. The van der Waals surface area contributed by atoms with Crippen molar-refractivity contribution in [3.63, 3.8) is 0 Å². The third-order valence-corrected chi connectivity index (χ3v) is 4.94. The van der Waals surface area contributed by atoms with Gasteiger partial charge < -0.3 is 5.11 Å². The largest absolute Gasteiger partial charge is 0.476 e. The molecule has 7 heteroatoms. The third-order valence-electron chi connectivity index (χ3n) is 3.95. The van der Waals surface area contributed by atoms with Crippen LogP contribution in [-0.4, -0.2) is 31.1 Å². The molecule has 0 aliphatic rings. The molecule has 0 fully saturated rings. The van der Waals surface area contributed by atoms with Crippen LogP contribution < -0.4 is 0 Å². The number of thiazole rings is 1. The van der Waals surface area contributed by atoms with E-state index in [0.29, 0.717) is 5.69 Å². The summed E-state index contributed by atoms with van der Waals surface area (Å²) in [6.07, 6.45) is 1.24. The topological polar surface area (TPSA) is 80.9 Å². The predicted octanol–water partition coefficient (Wildman–Crippen LogP) is 4.06. The SMILES string of the molecule is Cc1csc(-c2cc(-n3nncc3C(=O)O)ccc2-c2ccccc2)n1.